The molecular formula is C11H12BrNO6S2. The lowest BCUT2D eigenvalue weighted by atomic mass is 10.1. The molecule has 0 amide bonds. The molecule has 1 aromatic rings. The van der Waals surface area contributed by atoms with Gasteiger partial charge in [-0.1, -0.05) is 0 Å². The molecule has 0 atom stereocenters. The third-order valence-electron chi connectivity index (χ3n) is 3.24. The molecule has 10 heteroatoms. The van der Waals surface area contributed by atoms with Gasteiger partial charge in [0, 0.05) is 6.54 Å². The van der Waals surface area contributed by atoms with E-state index in [9.17, 15) is 18.0 Å². The number of aliphatic carboxylic acids is 1. The third kappa shape index (κ3) is 3.28. The number of sulfonamides is 1. The number of nitrogens with one attached hydrogen (secondary N) is 1. The molecule has 1 aliphatic rings. The Morgan fingerprint density at radius 2 is 2.14 bits per heavy atom. The lowest BCUT2D eigenvalue weighted by Crippen LogP contribution is -2.34. The van der Waals surface area contributed by atoms with Crippen molar-refractivity contribution in [1.82, 2.24) is 4.72 Å². The molecular weight excluding hydrogens is 386 g/mol. The van der Waals surface area contributed by atoms with Gasteiger partial charge in [-0.2, -0.15) is 0 Å². The van der Waals surface area contributed by atoms with E-state index in [1.54, 1.807) is 0 Å². The fraction of sp³-hybridized carbons (Fsp3) is 0.455. The molecule has 1 heterocycles. The van der Waals surface area contributed by atoms with Crippen molar-refractivity contribution in [3.8, 4) is 0 Å². The normalized spacial score (nSPS) is 16.5. The van der Waals surface area contributed by atoms with E-state index in [-0.39, 0.29) is 20.1 Å². The van der Waals surface area contributed by atoms with Gasteiger partial charge >= 0.3 is 11.9 Å². The molecule has 0 bridgehead atoms. The Balaban J connectivity index is 2.18. The molecule has 7 nitrogen and oxygen atoms in total. The number of esters is 1. The Bertz CT molecular complexity index is 692. The monoisotopic (exact) mass is 397 g/mol. The van der Waals surface area contributed by atoms with E-state index >= 15 is 0 Å². The summed E-state index contributed by atoms with van der Waals surface area (Å²) in [6.07, 6.45) is 0.895. The Morgan fingerprint density at radius 1 is 1.52 bits per heavy atom. The largest absolute Gasteiger partial charge is 0.481 e. The fourth-order valence-corrected chi connectivity index (χ4v) is 5.27. The van der Waals surface area contributed by atoms with Crippen LogP contribution in [0.5, 0.6) is 0 Å². The number of carbonyl (C=O) groups excluding carboxylic acids is 1. The summed E-state index contributed by atoms with van der Waals surface area (Å²) >= 11 is 4.03. The van der Waals surface area contributed by atoms with Gasteiger partial charge in [-0.3, -0.25) is 4.79 Å². The molecule has 1 saturated carbocycles. The Morgan fingerprint density at radius 3 is 2.62 bits per heavy atom. The standard InChI is InChI=1S/C11H12BrNO6S2/c1-19-9(14)6-4-7(8(12)20-6)21(17,18)13-5-11(2-3-11)10(15)16/h4,13H,2-3,5H2,1H3,(H,15,16). The van der Waals surface area contributed by atoms with Crippen LogP contribution in [-0.2, 0) is 19.6 Å². The highest BCUT2D eigenvalue weighted by atomic mass is 79.9. The van der Waals surface area contributed by atoms with Gasteiger partial charge in [0.25, 0.3) is 0 Å². The first-order valence-corrected chi connectivity index (χ1v) is 8.92. The van der Waals surface area contributed by atoms with E-state index in [2.05, 4.69) is 25.4 Å². The summed E-state index contributed by atoms with van der Waals surface area (Å²) in [7, 11) is -2.70. The first-order valence-electron chi connectivity index (χ1n) is 5.82. The van der Waals surface area contributed by atoms with Gasteiger partial charge in [-0.25, -0.2) is 17.9 Å². The first-order chi connectivity index (χ1) is 9.72. The average molecular weight is 398 g/mol. The summed E-state index contributed by atoms with van der Waals surface area (Å²) in [5.74, 6) is -1.64. The van der Waals surface area contributed by atoms with Gasteiger partial charge in [0.15, 0.2) is 0 Å². The smallest absolute Gasteiger partial charge is 0.348 e. The minimum Gasteiger partial charge on any atom is -0.481 e. The summed E-state index contributed by atoms with van der Waals surface area (Å²) in [6.45, 7) is -0.166. The number of carboxylic acid groups (broad SMARTS) is 1. The predicted molar refractivity (Wildman–Crippen MR) is 77.8 cm³/mol. The number of carboxylic acids is 1. The van der Waals surface area contributed by atoms with Crippen molar-refractivity contribution in [2.75, 3.05) is 13.7 Å². The number of halogens is 1. The zero-order chi connectivity index (χ0) is 15.8. The Hall–Kier alpha value is -0.970. The lowest BCUT2D eigenvalue weighted by Gasteiger charge is -2.11. The van der Waals surface area contributed by atoms with Crippen LogP contribution in [0.2, 0.25) is 0 Å². The van der Waals surface area contributed by atoms with Crippen molar-refractivity contribution in [1.29, 1.82) is 0 Å². The van der Waals surface area contributed by atoms with Gasteiger partial charge in [0.05, 0.1) is 16.3 Å². The number of hydrogen-bond donors (Lipinski definition) is 2. The molecule has 1 fully saturated rings. The fourth-order valence-electron chi connectivity index (χ4n) is 1.66. The highest BCUT2D eigenvalue weighted by Gasteiger charge is 2.50. The van der Waals surface area contributed by atoms with Crippen LogP contribution in [0.1, 0.15) is 22.5 Å². The molecule has 0 unspecified atom stereocenters. The quantitative estimate of drug-likeness (QED) is 0.702. The second-order valence-electron chi connectivity index (χ2n) is 4.65. The molecule has 116 valence electrons. The van der Waals surface area contributed by atoms with Crippen LogP contribution < -0.4 is 4.72 Å². The van der Waals surface area contributed by atoms with Crippen molar-refractivity contribution in [3.05, 3.63) is 14.7 Å². The number of thiophene rings is 1. The van der Waals surface area contributed by atoms with Crippen LogP contribution in [-0.4, -0.2) is 39.1 Å². The van der Waals surface area contributed by atoms with Crippen molar-refractivity contribution < 1.29 is 27.9 Å². The summed E-state index contributed by atoms with van der Waals surface area (Å²) in [4.78, 5) is 22.5. The van der Waals surface area contributed by atoms with Gasteiger partial charge < -0.3 is 9.84 Å². The number of carbonyl (C=O) groups is 2. The molecule has 1 aliphatic carbocycles. The van der Waals surface area contributed by atoms with Crippen molar-refractivity contribution in [3.63, 3.8) is 0 Å². The zero-order valence-corrected chi connectivity index (χ0v) is 14.1. The minimum absolute atomic E-state index is 0.103. The van der Waals surface area contributed by atoms with Crippen molar-refractivity contribution in [2.24, 2.45) is 5.41 Å². The lowest BCUT2D eigenvalue weighted by molar-refractivity contribution is -0.143. The van der Waals surface area contributed by atoms with E-state index in [1.165, 1.54) is 13.2 Å². The second-order valence-corrected chi connectivity index (χ2v) is 8.76. The SMILES string of the molecule is COC(=O)c1cc(S(=O)(=O)NCC2(C(=O)O)CC2)c(Br)s1. The van der Waals surface area contributed by atoms with Gasteiger partial charge in [-0.05, 0) is 34.8 Å². The summed E-state index contributed by atoms with van der Waals surface area (Å²) in [5, 5.41) is 9.03. The molecule has 0 radical (unpaired) electrons. The van der Waals surface area contributed by atoms with Crippen LogP contribution in [0.4, 0.5) is 0 Å². The first kappa shape index (κ1) is 16.4. The number of hydrogen-bond acceptors (Lipinski definition) is 6. The molecule has 2 N–H and O–H groups in total. The summed E-state index contributed by atoms with van der Waals surface area (Å²) in [6, 6.07) is 1.20. The van der Waals surface area contributed by atoms with Crippen LogP contribution in [0.25, 0.3) is 0 Å². The Labute approximate surface area is 133 Å². The maximum atomic E-state index is 12.2. The number of ether oxygens (including phenoxy) is 1. The highest BCUT2D eigenvalue weighted by Crippen LogP contribution is 2.45. The summed E-state index contributed by atoms with van der Waals surface area (Å²) < 4.78 is 31.5. The zero-order valence-electron chi connectivity index (χ0n) is 10.9. The molecule has 0 saturated heterocycles. The van der Waals surface area contributed by atoms with E-state index < -0.39 is 27.4 Å². The topological polar surface area (TPSA) is 110 Å². The molecule has 2 rings (SSSR count). The highest BCUT2D eigenvalue weighted by molar-refractivity contribution is 9.11. The second kappa shape index (κ2) is 5.67. The van der Waals surface area contributed by atoms with Crippen molar-refractivity contribution in [2.45, 2.75) is 17.7 Å². The molecule has 0 aromatic carbocycles. The maximum absolute atomic E-state index is 12.2. The molecule has 21 heavy (non-hydrogen) atoms. The number of rotatable bonds is 6. The number of methoxy groups -OCH3 is 1. The van der Waals surface area contributed by atoms with Crippen LogP contribution in [0, 0.1) is 5.41 Å². The molecule has 1 aromatic heterocycles. The van der Waals surface area contributed by atoms with Crippen LogP contribution in [0.3, 0.4) is 0 Å². The van der Waals surface area contributed by atoms with Crippen molar-refractivity contribution >= 4 is 49.2 Å². The van der Waals surface area contributed by atoms with Gasteiger partial charge in [0.1, 0.15) is 9.77 Å². The van der Waals surface area contributed by atoms with Gasteiger partial charge in [-0.15, -0.1) is 11.3 Å². The van der Waals surface area contributed by atoms with E-state index in [4.69, 9.17) is 5.11 Å². The van der Waals surface area contributed by atoms with Gasteiger partial charge in [0.2, 0.25) is 10.0 Å². The Kier molecular flexibility index (Phi) is 4.43. The maximum Gasteiger partial charge on any atom is 0.348 e. The molecule has 0 spiro atoms. The minimum atomic E-state index is -3.90. The van der Waals surface area contributed by atoms with Crippen LogP contribution in [0.15, 0.2) is 14.7 Å². The van der Waals surface area contributed by atoms with E-state index in [1.807, 2.05) is 0 Å². The van der Waals surface area contributed by atoms with E-state index in [0.29, 0.717) is 12.8 Å². The predicted octanol–water partition coefficient (Wildman–Crippen LogP) is 1.44. The summed E-state index contributed by atoms with van der Waals surface area (Å²) in [5.41, 5.74) is -0.999. The van der Waals surface area contributed by atoms with E-state index in [0.717, 1.165) is 11.3 Å². The molecule has 0 aliphatic heterocycles. The van der Waals surface area contributed by atoms with Crippen LogP contribution >= 0.6 is 27.3 Å². The third-order valence-corrected chi connectivity index (χ3v) is 6.87. The average Bonchev–Trinajstić information content (AvgIpc) is 3.12.